The van der Waals surface area contributed by atoms with Crippen LogP contribution in [0.25, 0.3) is 21.7 Å². The van der Waals surface area contributed by atoms with E-state index in [1.165, 1.54) is 0 Å². The molecule has 6 nitrogen and oxygen atoms in total. The number of Topliss-reactive ketones (excluding diaryl/α,β-unsaturated/α-hetero) is 1. The van der Waals surface area contributed by atoms with Gasteiger partial charge in [-0.3, -0.25) is 9.59 Å². The van der Waals surface area contributed by atoms with Crippen LogP contribution in [0.3, 0.4) is 0 Å². The second kappa shape index (κ2) is 6.78. The number of hydrogen-bond acceptors (Lipinski definition) is 5. The van der Waals surface area contributed by atoms with Crippen LogP contribution in [-0.4, -0.2) is 41.4 Å². The zero-order chi connectivity index (χ0) is 18.1. The Morgan fingerprint density at radius 2 is 2.19 bits per heavy atom. The molecule has 1 aliphatic heterocycles. The summed E-state index contributed by atoms with van der Waals surface area (Å²) >= 11 is 0. The first-order chi connectivity index (χ1) is 12.6. The molecule has 6 heteroatoms. The molecule has 0 saturated carbocycles. The van der Waals surface area contributed by atoms with Crippen LogP contribution in [0.5, 0.6) is 5.75 Å². The van der Waals surface area contributed by atoms with Crippen LogP contribution in [0.2, 0.25) is 0 Å². The van der Waals surface area contributed by atoms with Crippen molar-refractivity contribution in [3.63, 3.8) is 0 Å². The van der Waals surface area contributed by atoms with E-state index >= 15 is 0 Å². The van der Waals surface area contributed by atoms with Gasteiger partial charge in [-0.25, -0.2) is 0 Å². The number of rotatable bonds is 6. The van der Waals surface area contributed by atoms with Gasteiger partial charge in [0.05, 0.1) is 24.0 Å². The third kappa shape index (κ3) is 3.14. The Balaban J connectivity index is 1.56. The van der Waals surface area contributed by atoms with Crippen molar-refractivity contribution >= 4 is 33.4 Å². The van der Waals surface area contributed by atoms with Gasteiger partial charge in [0.15, 0.2) is 5.58 Å². The number of hydrogen-bond donors (Lipinski definition) is 0. The van der Waals surface area contributed by atoms with Gasteiger partial charge in [0.2, 0.25) is 5.91 Å². The summed E-state index contributed by atoms with van der Waals surface area (Å²) in [4.78, 5) is 24.9. The van der Waals surface area contributed by atoms with Gasteiger partial charge in [-0.05, 0) is 48.4 Å². The minimum Gasteiger partial charge on any atom is -0.492 e. The van der Waals surface area contributed by atoms with Gasteiger partial charge in [0.1, 0.15) is 18.1 Å². The molecule has 26 heavy (non-hydrogen) atoms. The summed E-state index contributed by atoms with van der Waals surface area (Å²) in [6, 6.07) is 9.65. The molecule has 1 aliphatic rings. The van der Waals surface area contributed by atoms with Gasteiger partial charge in [0, 0.05) is 13.0 Å². The molecule has 3 aromatic rings. The lowest BCUT2D eigenvalue weighted by atomic mass is 10.0. The monoisotopic (exact) mass is 352 g/mol. The van der Waals surface area contributed by atoms with Crippen molar-refractivity contribution < 1.29 is 18.8 Å². The van der Waals surface area contributed by atoms with Crippen molar-refractivity contribution in [3.8, 4) is 5.75 Å². The van der Waals surface area contributed by atoms with Crippen LogP contribution < -0.4 is 4.74 Å². The minimum atomic E-state index is 0.0496. The normalized spacial score (nSPS) is 14.5. The second-order valence-corrected chi connectivity index (χ2v) is 6.66. The predicted octanol–water partition coefficient (Wildman–Crippen LogP) is 3.11. The Kier molecular flexibility index (Phi) is 4.32. The first-order valence-corrected chi connectivity index (χ1v) is 8.83. The van der Waals surface area contributed by atoms with Gasteiger partial charge >= 0.3 is 0 Å². The van der Waals surface area contributed by atoms with Crippen molar-refractivity contribution in [2.45, 2.75) is 26.2 Å². The number of benzene rings is 2. The summed E-state index contributed by atoms with van der Waals surface area (Å²) < 4.78 is 11.2. The van der Waals surface area contributed by atoms with E-state index in [1.807, 2.05) is 35.2 Å². The summed E-state index contributed by atoms with van der Waals surface area (Å²) in [6.07, 6.45) is 1.84. The van der Waals surface area contributed by atoms with Crippen LogP contribution in [-0.2, 0) is 16.0 Å². The first-order valence-electron chi connectivity index (χ1n) is 8.83. The quantitative estimate of drug-likeness (QED) is 0.681. The van der Waals surface area contributed by atoms with Crippen molar-refractivity contribution in [2.24, 2.45) is 0 Å². The number of carbonyl (C=O) groups excluding carboxylic acids is 2. The second-order valence-electron chi connectivity index (χ2n) is 6.66. The van der Waals surface area contributed by atoms with Gasteiger partial charge in [0.25, 0.3) is 0 Å². The highest BCUT2D eigenvalue weighted by Gasteiger charge is 2.19. The SMILES string of the molecule is CC(=O)Cc1noc2ccc3cc(OCCN4CCCC4=O)ccc3c12. The van der Waals surface area contributed by atoms with E-state index < -0.39 is 0 Å². The number of ketones is 1. The number of aromatic nitrogens is 1. The third-order valence-corrected chi connectivity index (χ3v) is 4.71. The summed E-state index contributed by atoms with van der Waals surface area (Å²) in [5.74, 6) is 1.02. The Labute approximate surface area is 150 Å². The molecule has 2 aromatic carbocycles. The first kappa shape index (κ1) is 16.6. The van der Waals surface area contributed by atoms with E-state index in [2.05, 4.69) is 5.16 Å². The number of fused-ring (bicyclic) bond motifs is 3. The lowest BCUT2D eigenvalue weighted by molar-refractivity contribution is -0.128. The van der Waals surface area contributed by atoms with Crippen LogP contribution >= 0.6 is 0 Å². The molecule has 0 atom stereocenters. The van der Waals surface area contributed by atoms with Gasteiger partial charge in [-0.15, -0.1) is 0 Å². The van der Waals surface area contributed by atoms with Crippen molar-refractivity contribution in [3.05, 3.63) is 36.0 Å². The molecule has 0 spiro atoms. The highest BCUT2D eigenvalue weighted by Crippen LogP contribution is 2.31. The Bertz CT molecular complexity index is 992. The van der Waals surface area contributed by atoms with Crippen LogP contribution in [0.15, 0.2) is 34.9 Å². The summed E-state index contributed by atoms with van der Waals surface area (Å²) in [6.45, 7) is 3.46. The number of carbonyl (C=O) groups is 2. The fraction of sp³-hybridized carbons (Fsp3) is 0.350. The van der Waals surface area contributed by atoms with E-state index in [9.17, 15) is 9.59 Å². The van der Waals surface area contributed by atoms with Crippen molar-refractivity contribution in [2.75, 3.05) is 19.7 Å². The third-order valence-electron chi connectivity index (χ3n) is 4.71. The van der Waals surface area contributed by atoms with Crippen molar-refractivity contribution in [1.82, 2.24) is 10.1 Å². The highest BCUT2D eigenvalue weighted by atomic mass is 16.5. The molecule has 1 fully saturated rings. The van der Waals surface area contributed by atoms with Gasteiger partial charge < -0.3 is 14.2 Å². The number of likely N-dealkylation sites (tertiary alicyclic amines) is 1. The molecule has 2 heterocycles. The lowest BCUT2D eigenvalue weighted by Gasteiger charge is -2.16. The van der Waals surface area contributed by atoms with Crippen LogP contribution in [0.1, 0.15) is 25.5 Å². The molecule has 0 N–H and O–H groups in total. The van der Waals surface area contributed by atoms with Gasteiger partial charge in [-0.2, -0.15) is 0 Å². The molecule has 4 rings (SSSR count). The van der Waals surface area contributed by atoms with E-state index in [-0.39, 0.29) is 18.1 Å². The highest BCUT2D eigenvalue weighted by molar-refractivity contribution is 6.08. The van der Waals surface area contributed by atoms with E-state index in [1.54, 1.807) is 6.92 Å². The average Bonchev–Trinajstić information content (AvgIpc) is 3.21. The van der Waals surface area contributed by atoms with E-state index in [4.69, 9.17) is 9.26 Å². The standard InChI is InChI=1S/C20H20N2O4/c1-13(23)11-17-20-16-6-5-15(12-14(16)4-7-18(20)26-21-17)25-10-9-22-8-2-3-19(22)24/h4-7,12H,2-3,8-11H2,1H3. The molecule has 0 unspecified atom stereocenters. The topological polar surface area (TPSA) is 72.6 Å². The molecule has 1 saturated heterocycles. The smallest absolute Gasteiger partial charge is 0.222 e. The largest absolute Gasteiger partial charge is 0.492 e. The molecule has 1 aromatic heterocycles. The molecular weight excluding hydrogens is 332 g/mol. The Hall–Kier alpha value is -2.89. The average molecular weight is 352 g/mol. The number of amides is 1. The summed E-state index contributed by atoms with van der Waals surface area (Å²) in [7, 11) is 0. The zero-order valence-electron chi connectivity index (χ0n) is 14.7. The molecule has 0 aliphatic carbocycles. The van der Waals surface area contributed by atoms with Crippen LogP contribution in [0.4, 0.5) is 0 Å². The predicted molar refractivity (Wildman–Crippen MR) is 97.2 cm³/mol. The zero-order valence-corrected chi connectivity index (χ0v) is 14.7. The van der Waals surface area contributed by atoms with Gasteiger partial charge in [-0.1, -0.05) is 11.2 Å². The summed E-state index contributed by atoms with van der Waals surface area (Å²) in [5, 5.41) is 6.91. The maximum absolute atomic E-state index is 11.6. The maximum Gasteiger partial charge on any atom is 0.222 e. The number of ether oxygens (including phenoxy) is 1. The molecule has 134 valence electrons. The fourth-order valence-corrected chi connectivity index (χ4v) is 3.47. The summed E-state index contributed by atoms with van der Waals surface area (Å²) in [5.41, 5.74) is 1.34. The van der Waals surface area contributed by atoms with Crippen molar-refractivity contribution in [1.29, 1.82) is 0 Å². The lowest BCUT2D eigenvalue weighted by Crippen LogP contribution is -2.29. The fourth-order valence-electron chi connectivity index (χ4n) is 3.47. The molecule has 1 amide bonds. The molecule has 0 radical (unpaired) electrons. The van der Waals surface area contributed by atoms with E-state index in [0.717, 1.165) is 34.9 Å². The Morgan fingerprint density at radius 3 is 2.96 bits per heavy atom. The maximum atomic E-state index is 11.6. The van der Waals surface area contributed by atoms with Crippen LogP contribution in [0, 0.1) is 0 Å². The number of nitrogens with zero attached hydrogens (tertiary/aromatic N) is 2. The molecular formula is C20H20N2O4. The van der Waals surface area contributed by atoms with E-state index in [0.29, 0.717) is 30.8 Å². The molecule has 0 bridgehead atoms. The Morgan fingerprint density at radius 1 is 1.31 bits per heavy atom. The minimum absolute atomic E-state index is 0.0496.